The summed E-state index contributed by atoms with van der Waals surface area (Å²) in [6, 6.07) is 7.66. The number of carbonyl (C=O) groups is 2. The van der Waals surface area contributed by atoms with Crippen LogP contribution in [-0.2, 0) is 13.0 Å². The molecule has 3 aromatic rings. The van der Waals surface area contributed by atoms with Crippen LogP contribution in [0.5, 0.6) is 0 Å². The molecule has 0 unspecified atom stereocenters. The van der Waals surface area contributed by atoms with Gasteiger partial charge in [0.15, 0.2) is 5.69 Å². The summed E-state index contributed by atoms with van der Waals surface area (Å²) in [5, 5.41) is 8.82. The number of amides is 2. The highest BCUT2D eigenvalue weighted by Crippen LogP contribution is 2.29. The van der Waals surface area contributed by atoms with Crippen molar-refractivity contribution in [2.75, 3.05) is 13.6 Å². The molecule has 0 atom stereocenters. The zero-order valence-corrected chi connectivity index (χ0v) is 16.2. The van der Waals surface area contributed by atoms with Crippen molar-refractivity contribution >= 4 is 34.3 Å². The summed E-state index contributed by atoms with van der Waals surface area (Å²) in [4.78, 5) is 32.5. The highest BCUT2D eigenvalue weighted by atomic mass is 35.5. The molecule has 1 aliphatic carbocycles. The summed E-state index contributed by atoms with van der Waals surface area (Å²) in [5.74, 6) is -0.164. The first-order chi connectivity index (χ1) is 13.5. The summed E-state index contributed by atoms with van der Waals surface area (Å²) in [6.07, 6.45) is 2.74. The first-order valence-electron chi connectivity index (χ1n) is 9.42. The van der Waals surface area contributed by atoms with Crippen LogP contribution in [0.1, 0.15) is 45.1 Å². The number of rotatable bonds is 3. The van der Waals surface area contributed by atoms with E-state index < -0.39 is 0 Å². The molecule has 0 spiro atoms. The average Bonchev–Trinajstić information content (AvgIpc) is 3.33. The van der Waals surface area contributed by atoms with Gasteiger partial charge >= 0.3 is 0 Å². The van der Waals surface area contributed by atoms with Gasteiger partial charge in [-0.25, -0.2) is 0 Å². The summed E-state index contributed by atoms with van der Waals surface area (Å²) in [7, 11) is 1.82. The maximum atomic E-state index is 13.1. The Labute approximate surface area is 166 Å². The van der Waals surface area contributed by atoms with Gasteiger partial charge in [-0.2, -0.15) is 5.10 Å². The number of aromatic amines is 2. The van der Waals surface area contributed by atoms with E-state index in [1.807, 2.05) is 25.2 Å². The Balaban J connectivity index is 1.40. The molecule has 0 saturated heterocycles. The molecule has 5 rings (SSSR count). The maximum Gasteiger partial charge on any atom is 0.274 e. The van der Waals surface area contributed by atoms with E-state index in [1.54, 1.807) is 15.9 Å². The standard InChI is InChI=1S/C20H20ClN5O2/c1-25(13-4-5-13)20(28)18-14-10-26(7-6-15(14)23-24-18)19(27)17-8-11-2-3-12(21)9-16(11)22-17/h2-3,8-9,13,22H,4-7,10H2,1H3,(H,23,24). The predicted octanol–water partition coefficient (Wildman–Crippen LogP) is 2.98. The van der Waals surface area contributed by atoms with Gasteiger partial charge in [0.1, 0.15) is 5.69 Å². The SMILES string of the molecule is CN(C(=O)c1n[nH]c2c1CN(C(=O)c1cc3ccc(Cl)cc3[nH]1)CC2)C1CC1. The molecule has 28 heavy (non-hydrogen) atoms. The predicted molar refractivity (Wildman–Crippen MR) is 105 cm³/mol. The van der Waals surface area contributed by atoms with Crippen LogP contribution >= 0.6 is 11.6 Å². The first kappa shape index (κ1) is 17.3. The fourth-order valence-electron chi connectivity index (χ4n) is 3.82. The molecule has 2 N–H and O–H groups in total. The van der Waals surface area contributed by atoms with Crippen molar-refractivity contribution in [2.24, 2.45) is 0 Å². The molecule has 1 saturated carbocycles. The Hall–Kier alpha value is -2.80. The van der Waals surface area contributed by atoms with Gasteiger partial charge in [-0.15, -0.1) is 0 Å². The van der Waals surface area contributed by atoms with E-state index in [4.69, 9.17) is 11.6 Å². The second kappa shape index (κ2) is 6.38. The number of carbonyl (C=O) groups excluding carboxylic acids is 2. The van der Waals surface area contributed by atoms with Crippen molar-refractivity contribution in [3.8, 4) is 0 Å². The van der Waals surface area contributed by atoms with Gasteiger partial charge in [-0.1, -0.05) is 17.7 Å². The molecular formula is C20H20ClN5O2. The minimum atomic E-state index is -0.0897. The lowest BCUT2D eigenvalue weighted by atomic mass is 10.0. The summed E-state index contributed by atoms with van der Waals surface area (Å²) in [5.41, 5.74) is 3.56. The van der Waals surface area contributed by atoms with E-state index in [0.29, 0.717) is 42.0 Å². The summed E-state index contributed by atoms with van der Waals surface area (Å²) < 4.78 is 0. The molecule has 1 fully saturated rings. The average molecular weight is 398 g/mol. The zero-order chi connectivity index (χ0) is 19.4. The maximum absolute atomic E-state index is 13.1. The number of fused-ring (bicyclic) bond motifs is 2. The van der Waals surface area contributed by atoms with Crippen LogP contribution in [-0.4, -0.2) is 56.4 Å². The molecule has 7 nitrogen and oxygen atoms in total. The van der Waals surface area contributed by atoms with Crippen molar-refractivity contribution in [1.29, 1.82) is 0 Å². The van der Waals surface area contributed by atoms with Crippen LogP contribution in [0.15, 0.2) is 24.3 Å². The van der Waals surface area contributed by atoms with Crippen LogP contribution in [0.25, 0.3) is 10.9 Å². The van der Waals surface area contributed by atoms with Crippen LogP contribution in [0.3, 0.4) is 0 Å². The van der Waals surface area contributed by atoms with Crippen LogP contribution in [0.2, 0.25) is 5.02 Å². The van der Waals surface area contributed by atoms with E-state index >= 15 is 0 Å². The Kier molecular flexibility index (Phi) is 3.94. The minimum Gasteiger partial charge on any atom is -0.350 e. The molecule has 3 heterocycles. The normalized spacial score (nSPS) is 16.3. The van der Waals surface area contributed by atoms with Gasteiger partial charge in [0, 0.05) is 53.2 Å². The Morgan fingerprint density at radius 1 is 1.29 bits per heavy atom. The molecule has 0 radical (unpaired) electrons. The fraction of sp³-hybridized carbons (Fsp3) is 0.350. The van der Waals surface area contributed by atoms with E-state index in [9.17, 15) is 9.59 Å². The lowest BCUT2D eigenvalue weighted by Gasteiger charge is -2.27. The smallest absolute Gasteiger partial charge is 0.274 e. The molecular weight excluding hydrogens is 378 g/mol. The topological polar surface area (TPSA) is 85.1 Å². The molecule has 144 valence electrons. The van der Waals surface area contributed by atoms with Gasteiger partial charge in [-0.05, 0) is 31.0 Å². The van der Waals surface area contributed by atoms with Gasteiger partial charge in [0.25, 0.3) is 11.8 Å². The Morgan fingerprint density at radius 2 is 2.11 bits per heavy atom. The molecule has 2 amide bonds. The number of halogens is 1. The molecule has 1 aromatic carbocycles. The molecule has 1 aliphatic heterocycles. The number of nitrogens with zero attached hydrogens (tertiary/aromatic N) is 3. The van der Waals surface area contributed by atoms with E-state index in [0.717, 1.165) is 35.0 Å². The van der Waals surface area contributed by atoms with E-state index in [1.165, 1.54) is 0 Å². The third-order valence-electron chi connectivity index (χ3n) is 5.65. The lowest BCUT2D eigenvalue weighted by molar-refractivity contribution is 0.0717. The molecule has 2 aliphatic rings. The number of hydrogen-bond acceptors (Lipinski definition) is 3. The molecule has 0 bridgehead atoms. The Morgan fingerprint density at radius 3 is 2.89 bits per heavy atom. The van der Waals surface area contributed by atoms with E-state index in [2.05, 4.69) is 15.2 Å². The summed E-state index contributed by atoms with van der Waals surface area (Å²) in [6.45, 7) is 0.955. The number of nitrogens with one attached hydrogen (secondary N) is 2. The van der Waals surface area contributed by atoms with Gasteiger partial charge in [-0.3, -0.25) is 14.7 Å². The van der Waals surface area contributed by atoms with Crippen LogP contribution < -0.4 is 0 Å². The van der Waals surface area contributed by atoms with Crippen molar-refractivity contribution in [3.63, 3.8) is 0 Å². The third kappa shape index (κ3) is 2.86. The number of benzene rings is 1. The van der Waals surface area contributed by atoms with Crippen molar-refractivity contribution < 1.29 is 9.59 Å². The number of aromatic nitrogens is 3. The second-order valence-corrected chi connectivity index (χ2v) is 8.00. The molecule has 2 aromatic heterocycles. The lowest BCUT2D eigenvalue weighted by Crippen LogP contribution is -2.37. The minimum absolute atomic E-state index is 0.0745. The van der Waals surface area contributed by atoms with E-state index in [-0.39, 0.29) is 11.8 Å². The largest absolute Gasteiger partial charge is 0.350 e. The summed E-state index contributed by atoms with van der Waals surface area (Å²) >= 11 is 6.04. The number of hydrogen-bond donors (Lipinski definition) is 2. The Bertz CT molecular complexity index is 1100. The molecule has 8 heteroatoms. The first-order valence-corrected chi connectivity index (χ1v) is 9.80. The van der Waals surface area contributed by atoms with Gasteiger partial charge in [0.2, 0.25) is 0 Å². The van der Waals surface area contributed by atoms with Crippen molar-refractivity contribution in [2.45, 2.75) is 31.8 Å². The quantitative estimate of drug-likeness (QED) is 0.712. The van der Waals surface area contributed by atoms with Crippen LogP contribution in [0.4, 0.5) is 0 Å². The monoisotopic (exact) mass is 397 g/mol. The van der Waals surface area contributed by atoms with Crippen molar-refractivity contribution in [1.82, 2.24) is 25.0 Å². The van der Waals surface area contributed by atoms with Crippen LogP contribution in [0, 0.1) is 0 Å². The third-order valence-corrected chi connectivity index (χ3v) is 5.89. The highest BCUT2D eigenvalue weighted by molar-refractivity contribution is 6.31. The van der Waals surface area contributed by atoms with Crippen molar-refractivity contribution in [3.05, 3.63) is 51.9 Å². The number of H-pyrrole nitrogens is 2. The zero-order valence-electron chi connectivity index (χ0n) is 15.5. The van der Waals surface area contributed by atoms with Gasteiger partial charge in [0.05, 0.1) is 6.54 Å². The fourth-order valence-corrected chi connectivity index (χ4v) is 4.00. The highest BCUT2D eigenvalue weighted by Gasteiger charge is 2.34. The second-order valence-electron chi connectivity index (χ2n) is 7.57. The van der Waals surface area contributed by atoms with Gasteiger partial charge < -0.3 is 14.8 Å².